The molecule has 1 atom stereocenters. The quantitative estimate of drug-likeness (QED) is 0.485. The minimum Gasteiger partial charge on any atom is -0.497 e. The average Bonchev–Trinajstić information content (AvgIpc) is 2.45. The molecule has 0 aliphatic rings. The third kappa shape index (κ3) is 14.6. The van der Waals surface area contributed by atoms with Crippen molar-refractivity contribution in [2.45, 2.75) is 62.3 Å². The summed E-state index contributed by atoms with van der Waals surface area (Å²) >= 11 is 0. The Morgan fingerprint density at radius 2 is 1.50 bits per heavy atom. The van der Waals surface area contributed by atoms with Gasteiger partial charge in [-0.25, -0.2) is 0 Å². The summed E-state index contributed by atoms with van der Waals surface area (Å²) < 4.78 is 5.57. The largest absolute Gasteiger partial charge is 0.497 e. The molecule has 0 aromatic rings. The Hall–Kier alpha value is -0.960. The molecule has 0 N–H and O–H groups in total. The second-order valence-electron chi connectivity index (χ2n) is 7.01. The summed E-state index contributed by atoms with van der Waals surface area (Å²) in [5.74, 6) is 1.52. The van der Waals surface area contributed by atoms with Gasteiger partial charge in [-0.1, -0.05) is 62.6 Å². The lowest BCUT2D eigenvalue weighted by molar-refractivity contribution is 0.127. The van der Waals surface area contributed by atoms with Crippen molar-refractivity contribution in [2.24, 2.45) is 11.3 Å². The molecule has 0 aliphatic carbocycles. The number of likely N-dealkylation sites (N-methyl/N-ethyl adjacent to an activating group) is 1. The molecule has 0 rings (SSSR count). The van der Waals surface area contributed by atoms with Gasteiger partial charge >= 0.3 is 0 Å². The van der Waals surface area contributed by atoms with Gasteiger partial charge in [-0.3, -0.25) is 0 Å². The Morgan fingerprint density at radius 1 is 1.04 bits per heavy atom. The van der Waals surface area contributed by atoms with E-state index in [4.69, 9.17) is 4.74 Å². The first kappa shape index (κ1) is 30.9. The Labute approximate surface area is 154 Å². The van der Waals surface area contributed by atoms with Crippen molar-refractivity contribution in [3.63, 3.8) is 0 Å². The number of nitrogens with zero attached hydrogens (tertiary/aromatic N) is 2. The van der Waals surface area contributed by atoms with Crippen molar-refractivity contribution in [2.75, 3.05) is 41.3 Å². The summed E-state index contributed by atoms with van der Waals surface area (Å²) in [6.45, 7) is 20.4. The van der Waals surface area contributed by atoms with Crippen LogP contribution in [-0.2, 0) is 4.74 Å². The van der Waals surface area contributed by atoms with E-state index in [1.807, 2.05) is 28.2 Å². The van der Waals surface area contributed by atoms with Crippen LogP contribution in [0.4, 0.5) is 0 Å². The molecular formula is C21H48N2O. The molecule has 0 saturated heterocycles. The van der Waals surface area contributed by atoms with Crippen LogP contribution in [0.15, 0.2) is 24.6 Å². The van der Waals surface area contributed by atoms with Gasteiger partial charge in [0.25, 0.3) is 0 Å². The third-order valence-electron chi connectivity index (χ3n) is 4.21. The molecule has 0 fully saturated rings. The molecule has 0 saturated carbocycles. The van der Waals surface area contributed by atoms with Crippen molar-refractivity contribution >= 4 is 0 Å². The van der Waals surface area contributed by atoms with Crippen LogP contribution in [0.1, 0.15) is 62.3 Å². The predicted octanol–water partition coefficient (Wildman–Crippen LogP) is 5.89. The van der Waals surface area contributed by atoms with Crippen molar-refractivity contribution in [1.29, 1.82) is 0 Å². The van der Waals surface area contributed by atoms with Crippen LogP contribution in [0.5, 0.6) is 0 Å². The molecule has 0 heterocycles. The summed E-state index contributed by atoms with van der Waals surface area (Å²) in [5.41, 5.74) is 1.32. The standard InChI is InChI=1S/C11H23NO.C8H17N.2CH4/c1-7-11(3,4)10(2)13-9-8-12(5)6;1-6-7(2)8(3)9(4)5;;/h2,7-9H2,1,3-6H3;7H,3,6H2,1-2,4-5H3;2*1H4. The van der Waals surface area contributed by atoms with E-state index in [0.29, 0.717) is 5.92 Å². The zero-order valence-electron chi connectivity index (χ0n) is 16.6. The lowest BCUT2D eigenvalue weighted by Gasteiger charge is -2.26. The van der Waals surface area contributed by atoms with E-state index in [1.165, 1.54) is 12.1 Å². The Bertz CT molecular complexity index is 320. The lowest BCUT2D eigenvalue weighted by Crippen LogP contribution is -2.21. The van der Waals surface area contributed by atoms with Gasteiger partial charge in [0, 0.05) is 31.8 Å². The fraction of sp³-hybridized carbons (Fsp3) is 0.810. The first-order chi connectivity index (χ1) is 9.99. The highest BCUT2D eigenvalue weighted by Gasteiger charge is 2.20. The maximum atomic E-state index is 5.57. The van der Waals surface area contributed by atoms with Gasteiger partial charge in [-0.15, -0.1) is 0 Å². The molecule has 0 aliphatic heterocycles. The summed E-state index contributed by atoms with van der Waals surface area (Å²) in [5, 5.41) is 0. The van der Waals surface area contributed by atoms with Crippen molar-refractivity contribution in [1.82, 2.24) is 9.80 Å². The number of rotatable bonds is 9. The van der Waals surface area contributed by atoms with Gasteiger partial charge in [-0.05, 0) is 32.9 Å². The fourth-order valence-electron chi connectivity index (χ4n) is 1.42. The molecule has 3 heteroatoms. The maximum Gasteiger partial charge on any atom is 0.100 e. The van der Waals surface area contributed by atoms with Crippen LogP contribution in [0.2, 0.25) is 0 Å². The Morgan fingerprint density at radius 3 is 1.75 bits per heavy atom. The Kier molecular flexibility index (Phi) is 20.0. The molecule has 0 aromatic carbocycles. The van der Waals surface area contributed by atoms with E-state index in [1.54, 1.807) is 0 Å². The fourth-order valence-corrected chi connectivity index (χ4v) is 1.42. The van der Waals surface area contributed by atoms with E-state index in [-0.39, 0.29) is 20.3 Å². The molecule has 0 spiro atoms. The van der Waals surface area contributed by atoms with Gasteiger partial charge in [-0.2, -0.15) is 0 Å². The third-order valence-corrected chi connectivity index (χ3v) is 4.21. The van der Waals surface area contributed by atoms with Crippen LogP contribution < -0.4 is 0 Å². The summed E-state index contributed by atoms with van der Waals surface area (Å²) in [6, 6.07) is 0. The predicted molar refractivity (Wildman–Crippen MR) is 113 cm³/mol. The van der Waals surface area contributed by atoms with Crippen LogP contribution in [-0.4, -0.2) is 51.1 Å². The SMILES string of the molecule is C.C.C=C(C(C)CC)N(C)C.C=C(OCCN(C)C)C(C)(C)CC. The van der Waals surface area contributed by atoms with Gasteiger partial charge in [0.2, 0.25) is 0 Å². The molecule has 0 bridgehead atoms. The van der Waals surface area contributed by atoms with E-state index < -0.39 is 0 Å². The molecule has 0 aromatic heterocycles. The molecule has 1 unspecified atom stereocenters. The Balaban J connectivity index is -0.000000162. The monoisotopic (exact) mass is 344 g/mol. The van der Waals surface area contributed by atoms with Gasteiger partial charge in [0.05, 0.1) is 5.76 Å². The highest BCUT2D eigenvalue weighted by Crippen LogP contribution is 2.28. The maximum absolute atomic E-state index is 5.57. The van der Waals surface area contributed by atoms with Crippen LogP contribution in [0, 0.1) is 11.3 Å². The molecule has 0 radical (unpaired) electrons. The van der Waals surface area contributed by atoms with Crippen molar-refractivity contribution in [3.8, 4) is 0 Å². The summed E-state index contributed by atoms with van der Waals surface area (Å²) in [4.78, 5) is 4.18. The highest BCUT2D eigenvalue weighted by atomic mass is 16.5. The summed E-state index contributed by atoms with van der Waals surface area (Å²) in [7, 11) is 8.15. The van der Waals surface area contributed by atoms with E-state index in [2.05, 4.69) is 57.6 Å². The molecule has 148 valence electrons. The molecule has 3 nitrogen and oxygen atoms in total. The van der Waals surface area contributed by atoms with Crippen LogP contribution in [0.25, 0.3) is 0 Å². The topological polar surface area (TPSA) is 15.7 Å². The lowest BCUT2D eigenvalue weighted by atomic mass is 9.88. The zero-order valence-corrected chi connectivity index (χ0v) is 16.6. The minimum absolute atomic E-state index is 0. The van der Waals surface area contributed by atoms with Gasteiger partial charge < -0.3 is 14.5 Å². The number of allylic oxidation sites excluding steroid dienone is 2. The van der Waals surface area contributed by atoms with Crippen LogP contribution in [0.3, 0.4) is 0 Å². The number of hydrogen-bond donors (Lipinski definition) is 0. The smallest absolute Gasteiger partial charge is 0.100 e. The van der Waals surface area contributed by atoms with E-state index >= 15 is 0 Å². The van der Waals surface area contributed by atoms with Crippen molar-refractivity contribution in [3.05, 3.63) is 24.6 Å². The number of hydrogen-bond acceptors (Lipinski definition) is 3. The molecule has 0 amide bonds. The van der Waals surface area contributed by atoms with Crippen LogP contribution >= 0.6 is 0 Å². The zero-order chi connectivity index (χ0) is 17.9. The molecular weight excluding hydrogens is 296 g/mol. The van der Waals surface area contributed by atoms with Crippen molar-refractivity contribution < 1.29 is 4.74 Å². The highest BCUT2D eigenvalue weighted by molar-refractivity contribution is 4.97. The second-order valence-corrected chi connectivity index (χ2v) is 7.01. The first-order valence-corrected chi connectivity index (χ1v) is 8.32. The normalized spacial score (nSPS) is 11.2. The summed E-state index contributed by atoms with van der Waals surface area (Å²) in [6.07, 6.45) is 2.24. The molecule has 24 heavy (non-hydrogen) atoms. The average molecular weight is 345 g/mol. The van der Waals surface area contributed by atoms with E-state index in [9.17, 15) is 0 Å². The number of ether oxygens (including phenoxy) is 1. The van der Waals surface area contributed by atoms with Gasteiger partial charge in [0.15, 0.2) is 0 Å². The van der Waals surface area contributed by atoms with E-state index in [0.717, 1.165) is 25.3 Å². The minimum atomic E-state index is 0. The first-order valence-electron chi connectivity index (χ1n) is 8.32. The second kappa shape index (κ2) is 15.6. The van der Waals surface area contributed by atoms with Gasteiger partial charge in [0.1, 0.15) is 6.61 Å².